The van der Waals surface area contributed by atoms with Gasteiger partial charge in [0.05, 0.1) is 19.9 Å². The predicted molar refractivity (Wildman–Crippen MR) is 123 cm³/mol. The minimum absolute atomic E-state index is 0.126. The number of aromatic nitrogens is 2. The average Bonchev–Trinajstić information content (AvgIpc) is 2.84. The first-order valence-corrected chi connectivity index (χ1v) is 11.8. The molecule has 2 heterocycles. The molecular formula is C22H23ClN4O4S. The van der Waals surface area contributed by atoms with Gasteiger partial charge in [-0.15, -0.1) is 10.2 Å². The van der Waals surface area contributed by atoms with Gasteiger partial charge in [0.1, 0.15) is 16.4 Å². The molecule has 1 fully saturated rings. The Balaban J connectivity index is 1.45. The van der Waals surface area contributed by atoms with E-state index >= 15 is 0 Å². The van der Waals surface area contributed by atoms with Crippen molar-refractivity contribution in [3.63, 3.8) is 0 Å². The fourth-order valence-electron chi connectivity index (χ4n) is 3.55. The van der Waals surface area contributed by atoms with Crippen LogP contribution in [0.1, 0.15) is 0 Å². The maximum absolute atomic E-state index is 13.2. The Labute approximate surface area is 192 Å². The molecule has 0 spiro atoms. The summed E-state index contributed by atoms with van der Waals surface area (Å²) in [4.78, 5) is 2.15. The summed E-state index contributed by atoms with van der Waals surface area (Å²) in [5.74, 6) is 1.50. The van der Waals surface area contributed by atoms with Crippen LogP contribution in [0, 0.1) is 0 Å². The van der Waals surface area contributed by atoms with E-state index in [1.807, 2.05) is 41.3 Å². The molecule has 10 heteroatoms. The third kappa shape index (κ3) is 4.50. The standard InChI is InChI=1S/C22H23ClN4O4S/c1-30-18-7-9-21(20(15-18)31-2)32(28,29)27-13-11-26(12-14-27)22-10-8-19(24-25-22)16-3-5-17(23)6-4-16/h3-10,15H,11-14H2,1-2H3. The number of methoxy groups -OCH3 is 2. The van der Waals surface area contributed by atoms with E-state index in [9.17, 15) is 8.42 Å². The van der Waals surface area contributed by atoms with Crippen LogP contribution >= 0.6 is 11.6 Å². The molecule has 3 aromatic rings. The van der Waals surface area contributed by atoms with Gasteiger partial charge in [-0.05, 0) is 36.4 Å². The number of nitrogens with zero attached hydrogens (tertiary/aromatic N) is 4. The van der Waals surface area contributed by atoms with Crippen molar-refractivity contribution in [2.24, 2.45) is 0 Å². The molecule has 4 rings (SSSR count). The topological polar surface area (TPSA) is 84.9 Å². The van der Waals surface area contributed by atoms with Crippen LogP contribution < -0.4 is 14.4 Å². The molecule has 0 radical (unpaired) electrons. The Morgan fingerprint density at radius 2 is 1.59 bits per heavy atom. The minimum atomic E-state index is -3.70. The molecule has 0 amide bonds. The lowest BCUT2D eigenvalue weighted by Crippen LogP contribution is -2.49. The number of piperazine rings is 1. The van der Waals surface area contributed by atoms with Crippen molar-refractivity contribution in [3.8, 4) is 22.8 Å². The van der Waals surface area contributed by atoms with Crippen LogP contribution in [0.3, 0.4) is 0 Å². The van der Waals surface area contributed by atoms with Crippen molar-refractivity contribution >= 4 is 27.4 Å². The molecule has 1 aliphatic heterocycles. The highest BCUT2D eigenvalue weighted by atomic mass is 35.5. The third-order valence-electron chi connectivity index (χ3n) is 5.34. The average molecular weight is 475 g/mol. The summed E-state index contributed by atoms with van der Waals surface area (Å²) in [5.41, 5.74) is 1.68. The lowest BCUT2D eigenvalue weighted by atomic mass is 10.1. The fraction of sp³-hybridized carbons (Fsp3) is 0.273. The van der Waals surface area contributed by atoms with Crippen molar-refractivity contribution in [2.45, 2.75) is 4.90 Å². The van der Waals surface area contributed by atoms with Gasteiger partial charge in [0.15, 0.2) is 5.82 Å². The summed E-state index contributed by atoms with van der Waals surface area (Å²) < 4.78 is 38.3. The van der Waals surface area contributed by atoms with Gasteiger partial charge in [-0.2, -0.15) is 4.31 Å². The Kier molecular flexibility index (Phi) is 6.50. The van der Waals surface area contributed by atoms with Crippen molar-refractivity contribution in [1.82, 2.24) is 14.5 Å². The summed E-state index contributed by atoms with van der Waals surface area (Å²) in [6.45, 7) is 1.68. The molecule has 0 N–H and O–H groups in total. The van der Waals surface area contributed by atoms with E-state index in [-0.39, 0.29) is 10.6 Å². The van der Waals surface area contributed by atoms with Crippen molar-refractivity contribution in [3.05, 3.63) is 59.6 Å². The van der Waals surface area contributed by atoms with E-state index in [0.717, 1.165) is 11.3 Å². The second-order valence-electron chi connectivity index (χ2n) is 7.19. The molecule has 32 heavy (non-hydrogen) atoms. The molecule has 2 aromatic carbocycles. The molecule has 0 bridgehead atoms. The Bertz CT molecular complexity index is 1180. The highest BCUT2D eigenvalue weighted by Crippen LogP contribution is 2.31. The van der Waals surface area contributed by atoms with Crippen LogP contribution in [0.25, 0.3) is 11.3 Å². The van der Waals surface area contributed by atoms with Crippen LogP contribution in [-0.4, -0.2) is 63.3 Å². The summed E-state index contributed by atoms with van der Waals surface area (Å²) in [6.07, 6.45) is 0. The van der Waals surface area contributed by atoms with E-state index in [1.165, 1.54) is 24.6 Å². The zero-order chi connectivity index (χ0) is 22.7. The number of sulfonamides is 1. The quantitative estimate of drug-likeness (QED) is 0.541. The molecule has 0 unspecified atom stereocenters. The summed E-state index contributed by atoms with van der Waals surface area (Å²) in [7, 11) is -0.739. The van der Waals surface area contributed by atoms with Gasteiger partial charge in [0.25, 0.3) is 0 Å². The maximum Gasteiger partial charge on any atom is 0.246 e. The van der Waals surface area contributed by atoms with Gasteiger partial charge in [-0.3, -0.25) is 0 Å². The van der Waals surface area contributed by atoms with Crippen molar-refractivity contribution in [2.75, 3.05) is 45.3 Å². The number of anilines is 1. The van der Waals surface area contributed by atoms with Crippen LogP contribution in [0.15, 0.2) is 59.5 Å². The van der Waals surface area contributed by atoms with Gasteiger partial charge >= 0.3 is 0 Å². The Morgan fingerprint density at radius 3 is 2.19 bits per heavy atom. The van der Waals surface area contributed by atoms with Crippen LogP contribution in [0.2, 0.25) is 5.02 Å². The zero-order valence-electron chi connectivity index (χ0n) is 17.7. The molecule has 8 nitrogen and oxygen atoms in total. The lowest BCUT2D eigenvalue weighted by molar-refractivity contribution is 0.369. The highest BCUT2D eigenvalue weighted by Gasteiger charge is 2.31. The number of hydrogen-bond donors (Lipinski definition) is 0. The molecule has 168 valence electrons. The number of benzene rings is 2. The highest BCUT2D eigenvalue weighted by molar-refractivity contribution is 7.89. The summed E-state index contributed by atoms with van der Waals surface area (Å²) >= 11 is 5.94. The summed E-state index contributed by atoms with van der Waals surface area (Å²) in [5, 5.41) is 9.31. The lowest BCUT2D eigenvalue weighted by Gasteiger charge is -2.34. The SMILES string of the molecule is COc1ccc(S(=O)(=O)N2CCN(c3ccc(-c4ccc(Cl)cc4)nn3)CC2)c(OC)c1. The second kappa shape index (κ2) is 9.32. The normalized spacial score (nSPS) is 14.9. The van der Waals surface area contributed by atoms with Gasteiger partial charge in [0, 0.05) is 42.8 Å². The molecule has 0 aliphatic carbocycles. The number of hydrogen-bond acceptors (Lipinski definition) is 7. The monoisotopic (exact) mass is 474 g/mol. The van der Waals surface area contributed by atoms with Crippen LogP contribution in [-0.2, 0) is 10.0 Å². The van der Waals surface area contributed by atoms with Gasteiger partial charge < -0.3 is 14.4 Å². The number of ether oxygens (including phenoxy) is 2. The maximum atomic E-state index is 13.2. The van der Waals surface area contributed by atoms with E-state index in [4.69, 9.17) is 21.1 Å². The first-order valence-electron chi connectivity index (χ1n) is 9.99. The summed E-state index contributed by atoms with van der Waals surface area (Å²) in [6, 6.07) is 15.9. The zero-order valence-corrected chi connectivity index (χ0v) is 19.3. The van der Waals surface area contributed by atoms with Crippen LogP contribution in [0.5, 0.6) is 11.5 Å². The largest absolute Gasteiger partial charge is 0.497 e. The van der Waals surface area contributed by atoms with E-state index in [1.54, 1.807) is 12.1 Å². The van der Waals surface area contributed by atoms with E-state index in [2.05, 4.69) is 10.2 Å². The molecule has 0 saturated carbocycles. The van der Waals surface area contributed by atoms with E-state index in [0.29, 0.717) is 42.8 Å². The van der Waals surface area contributed by atoms with Gasteiger partial charge in [0.2, 0.25) is 10.0 Å². The molecule has 1 saturated heterocycles. The predicted octanol–water partition coefficient (Wildman–Crippen LogP) is 3.33. The Morgan fingerprint density at radius 1 is 0.875 bits per heavy atom. The van der Waals surface area contributed by atoms with Crippen molar-refractivity contribution in [1.29, 1.82) is 0 Å². The second-order valence-corrected chi connectivity index (χ2v) is 9.53. The molecule has 0 atom stereocenters. The first kappa shape index (κ1) is 22.3. The molecule has 1 aromatic heterocycles. The van der Waals surface area contributed by atoms with Crippen LogP contribution in [0.4, 0.5) is 5.82 Å². The fourth-order valence-corrected chi connectivity index (χ4v) is 5.24. The van der Waals surface area contributed by atoms with Gasteiger partial charge in [-0.1, -0.05) is 23.7 Å². The molecular weight excluding hydrogens is 452 g/mol. The number of rotatable bonds is 6. The smallest absolute Gasteiger partial charge is 0.246 e. The van der Waals surface area contributed by atoms with Crippen molar-refractivity contribution < 1.29 is 17.9 Å². The first-order chi connectivity index (χ1) is 15.4. The van der Waals surface area contributed by atoms with Gasteiger partial charge in [-0.25, -0.2) is 8.42 Å². The third-order valence-corrected chi connectivity index (χ3v) is 7.53. The van der Waals surface area contributed by atoms with E-state index < -0.39 is 10.0 Å². The number of halogens is 1. The minimum Gasteiger partial charge on any atom is -0.497 e. The Hall–Kier alpha value is -2.88. The molecule has 1 aliphatic rings.